The lowest BCUT2D eigenvalue weighted by Crippen LogP contribution is -2.20. The summed E-state index contributed by atoms with van der Waals surface area (Å²) >= 11 is 5.90. The van der Waals surface area contributed by atoms with Gasteiger partial charge in [0.05, 0.1) is 12.0 Å². The monoisotopic (exact) mass is 462 g/mol. The van der Waals surface area contributed by atoms with Crippen LogP contribution in [0.2, 0.25) is 5.02 Å². The minimum Gasteiger partial charge on any atom is -0.483 e. The van der Waals surface area contributed by atoms with Crippen LogP contribution in [0.1, 0.15) is 5.56 Å². The van der Waals surface area contributed by atoms with Crippen molar-refractivity contribution < 1.29 is 22.7 Å². The fraction of sp³-hybridized carbons (Fsp3) is 0.150. The molecule has 1 amide bonds. The predicted octanol–water partition coefficient (Wildman–Crippen LogP) is 3.27. The molecule has 162 valence electrons. The molecule has 3 aromatic rings. The van der Waals surface area contributed by atoms with Crippen molar-refractivity contribution in [3.8, 4) is 11.6 Å². The number of hydrogen-bond acceptors (Lipinski definition) is 7. The quantitative estimate of drug-likeness (QED) is 0.527. The molecule has 0 saturated heterocycles. The highest BCUT2D eigenvalue weighted by atomic mass is 35.5. The van der Waals surface area contributed by atoms with Crippen molar-refractivity contribution in [2.45, 2.75) is 11.8 Å². The van der Waals surface area contributed by atoms with Gasteiger partial charge in [-0.3, -0.25) is 9.52 Å². The fourth-order valence-electron chi connectivity index (χ4n) is 2.56. The Labute approximate surface area is 184 Å². The van der Waals surface area contributed by atoms with Crippen molar-refractivity contribution >= 4 is 39.0 Å². The Kier molecular flexibility index (Phi) is 6.93. The van der Waals surface area contributed by atoms with Gasteiger partial charge in [-0.25, -0.2) is 18.4 Å². The molecule has 0 fully saturated rings. The summed E-state index contributed by atoms with van der Waals surface area (Å²) in [7, 11) is -2.57. The van der Waals surface area contributed by atoms with Crippen LogP contribution in [0.4, 0.5) is 11.5 Å². The Bertz CT molecular complexity index is 1190. The van der Waals surface area contributed by atoms with Gasteiger partial charge >= 0.3 is 0 Å². The van der Waals surface area contributed by atoms with Gasteiger partial charge in [0.15, 0.2) is 6.61 Å². The molecular formula is C20H19ClN4O5S. The van der Waals surface area contributed by atoms with E-state index in [1.165, 1.54) is 43.8 Å². The molecule has 0 aliphatic heterocycles. The number of ether oxygens (including phenoxy) is 2. The molecule has 0 aliphatic rings. The topological polar surface area (TPSA) is 120 Å². The zero-order valence-electron chi connectivity index (χ0n) is 16.6. The molecule has 1 heterocycles. The van der Waals surface area contributed by atoms with Crippen LogP contribution in [0.3, 0.4) is 0 Å². The zero-order valence-corrected chi connectivity index (χ0v) is 18.2. The molecule has 9 nitrogen and oxygen atoms in total. The molecule has 31 heavy (non-hydrogen) atoms. The number of aryl methyl sites for hydroxylation is 1. The Morgan fingerprint density at radius 1 is 1.10 bits per heavy atom. The summed E-state index contributed by atoms with van der Waals surface area (Å²) in [5.74, 6) is 0.168. The van der Waals surface area contributed by atoms with Gasteiger partial charge in [0.1, 0.15) is 5.75 Å². The van der Waals surface area contributed by atoms with Gasteiger partial charge in [0, 0.05) is 23.1 Å². The molecular weight excluding hydrogens is 444 g/mol. The summed E-state index contributed by atoms with van der Waals surface area (Å²) in [5.41, 5.74) is 1.22. The van der Waals surface area contributed by atoms with Gasteiger partial charge in [-0.2, -0.15) is 0 Å². The van der Waals surface area contributed by atoms with E-state index in [9.17, 15) is 13.2 Å². The number of nitrogens with one attached hydrogen (secondary N) is 2. The zero-order chi connectivity index (χ0) is 22.4. The normalized spacial score (nSPS) is 10.9. The summed E-state index contributed by atoms with van der Waals surface area (Å²) in [5, 5.41) is 3.22. The van der Waals surface area contributed by atoms with Crippen LogP contribution in [0.25, 0.3) is 0 Å². The second-order valence-electron chi connectivity index (χ2n) is 6.29. The molecule has 0 spiro atoms. The lowest BCUT2D eigenvalue weighted by molar-refractivity contribution is -0.118. The lowest BCUT2D eigenvalue weighted by Gasteiger charge is -2.11. The Balaban J connectivity index is 1.62. The van der Waals surface area contributed by atoms with E-state index < -0.39 is 15.9 Å². The third-order valence-electron chi connectivity index (χ3n) is 4.03. The largest absolute Gasteiger partial charge is 0.483 e. The summed E-state index contributed by atoms with van der Waals surface area (Å²) in [6.45, 7) is 1.61. The average molecular weight is 463 g/mol. The first-order chi connectivity index (χ1) is 14.8. The van der Waals surface area contributed by atoms with Gasteiger partial charge in [-0.05, 0) is 55.0 Å². The molecule has 0 saturated carbocycles. The Morgan fingerprint density at radius 3 is 2.48 bits per heavy atom. The van der Waals surface area contributed by atoms with E-state index in [4.69, 9.17) is 21.1 Å². The minimum absolute atomic E-state index is 0.0220. The van der Waals surface area contributed by atoms with Crippen LogP contribution in [-0.2, 0) is 14.8 Å². The third-order valence-corrected chi connectivity index (χ3v) is 5.62. The van der Waals surface area contributed by atoms with Gasteiger partial charge in [-0.1, -0.05) is 11.6 Å². The number of hydrogen-bond donors (Lipinski definition) is 2. The molecule has 0 bridgehead atoms. The van der Waals surface area contributed by atoms with E-state index in [0.717, 1.165) is 5.56 Å². The molecule has 1 aromatic heterocycles. The van der Waals surface area contributed by atoms with Crippen molar-refractivity contribution in [3.63, 3.8) is 0 Å². The van der Waals surface area contributed by atoms with Crippen LogP contribution in [0.5, 0.6) is 11.6 Å². The maximum Gasteiger partial charge on any atom is 0.263 e. The van der Waals surface area contributed by atoms with Crippen LogP contribution in [-0.4, -0.2) is 38.0 Å². The lowest BCUT2D eigenvalue weighted by atomic mass is 10.2. The first kappa shape index (κ1) is 22.3. The van der Waals surface area contributed by atoms with Crippen molar-refractivity contribution in [2.75, 3.05) is 23.8 Å². The molecule has 3 rings (SSSR count). The molecule has 0 atom stereocenters. The first-order valence-electron chi connectivity index (χ1n) is 8.95. The SMILES string of the molecule is COc1nccnc1NS(=O)(=O)c1ccc(NC(=O)COc2ccc(Cl)cc2C)cc1. The smallest absolute Gasteiger partial charge is 0.263 e. The van der Waals surface area contributed by atoms with E-state index in [2.05, 4.69) is 20.0 Å². The van der Waals surface area contributed by atoms with Crippen molar-refractivity contribution in [2.24, 2.45) is 0 Å². The third kappa shape index (κ3) is 5.83. The first-order valence-corrected chi connectivity index (χ1v) is 10.8. The predicted molar refractivity (Wildman–Crippen MR) is 116 cm³/mol. The second kappa shape index (κ2) is 9.63. The number of anilines is 2. The van der Waals surface area contributed by atoms with Gasteiger partial charge in [0.25, 0.3) is 21.8 Å². The van der Waals surface area contributed by atoms with Crippen LogP contribution < -0.4 is 19.5 Å². The minimum atomic E-state index is -3.93. The maximum absolute atomic E-state index is 12.6. The second-order valence-corrected chi connectivity index (χ2v) is 8.41. The molecule has 0 aliphatic carbocycles. The van der Waals surface area contributed by atoms with Crippen LogP contribution in [0, 0.1) is 6.92 Å². The average Bonchev–Trinajstić information content (AvgIpc) is 2.73. The maximum atomic E-state index is 12.6. The van der Waals surface area contributed by atoms with Crippen molar-refractivity contribution in [1.29, 1.82) is 0 Å². The number of carbonyl (C=O) groups excluding carboxylic acids is 1. The number of rotatable bonds is 8. The number of halogens is 1. The van der Waals surface area contributed by atoms with E-state index in [0.29, 0.717) is 16.5 Å². The molecule has 2 aromatic carbocycles. The van der Waals surface area contributed by atoms with Gasteiger partial charge < -0.3 is 14.8 Å². The fourth-order valence-corrected chi connectivity index (χ4v) is 3.80. The Hall–Kier alpha value is -3.37. The van der Waals surface area contributed by atoms with Gasteiger partial charge in [-0.15, -0.1) is 0 Å². The Morgan fingerprint density at radius 2 is 1.81 bits per heavy atom. The number of carbonyl (C=O) groups is 1. The molecule has 2 N–H and O–H groups in total. The van der Waals surface area contributed by atoms with Crippen molar-refractivity contribution in [1.82, 2.24) is 9.97 Å². The number of sulfonamides is 1. The van der Waals surface area contributed by atoms with Crippen LogP contribution in [0.15, 0.2) is 59.8 Å². The summed E-state index contributed by atoms with van der Waals surface area (Å²) in [6, 6.07) is 10.7. The highest BCUT2D eigenvalue weighted by Crippen LogP contribution is 2.23. The number of amides is 1. The van der Waals surface area contributed by atoms with Gasteiger partial charge in [0.2, 0.25) is 5.82 Å². The number of methoxy groups -OCH3 is 1. The summed E-state index contributed by atoms with van der Waals surface area (Å²) in [6.07, 6.45) is 2.72. The highest BCUT2D eigenvalue weighted by molar-refractivity contribution is 7.92. The molecule has 0 radical (unpaired) electrons. The van der Waals surface area contributed by atoms with E-state index >= 15 is 0 Å². The van der Waals surface area contributed by atoms with Crippen molar-refractivity contribution in [3.05, 3.63) is 65.4 Å². The number of benzene rings is 2. The van der Waals surface area contributed by atoms with E-state index in [-0.39, 0.29) is 23.2 Å². The summed E-state index contributed by atoms with van der Waals surface area (Å²) < 4.78 is 37.9. The molecule has 11 heteroatoms. The van der Waals surface area contributed by atoms with E-state index in [1.807, 2.05) is 6.92 Å². The summed E-state index contributed by atoms with van der Waals surface area (Å²) in [4.78, 5) is 19.9. The van der Waals surface area contributed by atoms with E-state index in [1.54, 1.807) is 18.2 Å². The standard InChI is InChI=1S/C20H19ClN4O5S/c1-13-11-14(21)3-8-17(13)30-12-18(26)24-15-4-6-16(7-5-15)31(27,28)25-19-20(29-2)23-10-9-22-19/h3-11H,12H2,1-2H3,(H,22,25)(H,24,26). The molecule has 0 unspecified atom stereocenters. The number of nitrogens with zero attached hydrogens (tertiary/aromatic N) is 2. The van der Waals surface area contributed by atoms with Crippen LogP contribution >= 0.6 is 11.6 Å². The number of aromatic nitrogens is 2. The highest BCUT2D eigenvalue weighted by Gasteiger charge is 2.18.